The molecule has 0 bridgehead atoms. The molecule has 7 nitrogen and oxygen atoms in total. The Bertz CT molecular complexity index is 1510. The molecule has 9 heteroatoms. The molecular formula is C31H30F2N2O5. The van der Waals surface area contributed by atoms with Crippen LogP contribution in [0.3, 0.4) is 0 Å². The molecule has 2 aliphatic heterocycles. The van der Waals surface area contributed by atoms with Gasteiger partial charge in [-0.1, -0.05) is 17.3 Å². The van der Waals surface area contributed by atoms with Gasteiger partial charge < -0.3 is 24.0 Å². The number of fused-ring (bicyclic) bond motifs is 2. The number of unbranched alkanes of at least 4 members (excludes halogenated alkanes) is 1. The van der Waals surface area contributed by atoms with Gasteiger partial charge in [0.2, 0.25) is 0 Å². The van der Waals surface area contributed by atoms with Crippen LogP contribution in [0, 0.1) is 11.6 Å². The molecular weight excluding hydrogens is 518 g/mol. The van der Waals surface area contributed by atoms with E-state index in [4.69, 9.17) is 14.0 Å². The average molecular weight is 549 g/mol. The molecule has 40 heavy (non-hydrogen) atoms. The Balaban J connectivity index is 0.973. The minimum Gasteiger partial charge on any atom is -0.507 e. The van der Waals surface area contributed by atoms with Crippen molar-refractivity contribution in [2.45, 2.75) is 44.1 Å². The summed E-state index contributed by atoms with van der Waals surface area (Å²) in [5.41, 5.74) is 2.27. The molecule has 1 fully saturated rings. The molecule has 0 amide bonds. The fourth-order valence-electron chi connectivity index (χ4n) is 5.64. The number of nitrogens with zero attached hydrogens (tertiary/aromatic N) is 2. The van der Waals surface area contributed by atoms with E-state index in [-0.39, 0.29) is 40.9 Å². The standard InChI is InChI=1S/C31H30F2N2O5/c32-21-5-3-19(4-6-21)27-18-26(37)30-25(36)16-23(17-29(30)39-27)38-14-2-1-11-35-12-9-20(10-13-35)31-24-8-7-22(33)15-28(24)40-34-31/h3-8,15-17,20,27,36H,1-2,9-14,18H2/t27-/m0/s1. The average Bonchev–Trinajstić information content (AvgIpc) is 3.36. The number of ether oxygens (including phenoxy) is 2. The molecule has 3 aromatic carbocycles. The Morgan fingerprint density at radius 1 is 1.00 bits per heavy atom. The highest BCUT2D eigenvalue weighted by molar-refractivity contribution is 6.02. The highest BCUT2D eigenvalue weighted by Crippen LogP contribution is 2.42. The van der Waals surface area contributed by atoms with Gasteiger partial charge in [0, 0.05) is 29.5 Å². The molecule has 1 aromatic heterocycles. The van der Waals surface area contributed by atoms with Crippen LogP contribution in [0.15, 0.2) is 59.1 Å². The van der Waals surface area contributed by atoms with Crippen molar-refractivity contribution in [3.05, 3.63) is 83.1 Å². The molecule has 0 spiro atoms. The molecule has 0 unspecified atom stereocenters. The van der Waals surface area contributed by atoms with E-state index in [1.54, 1.807) is 24.3 Å². The lowest BCUT2D eigenvalue weighted by atomic mass is 9.91. The van der Waals surface area contributed by atoms with E-state index in [1.807, 2.05) is 0 Å². The van der Waals surface area contributed by atoms with Gasteiger partial charge in [-0.05, 0) is 75.1 Å². The Kier molecular flexibility index (Phi) is 7.38. The summed E-state index contributed by atoms with van der Waals surface area (Å²) >= 11 is 0. The molecule has 4 aromatic rings. The van der Waals surface area contributed by atoms with E-state index in [0.29, 0.717) is 29.4 Å². The van der Waals surface area contributed by atoms with E-state index in [1.165, 1.54) is 30.3 Å². The summed E-state index contributed by atoms with van der Waals surface area (Å²) in [5, 5.41) is 15.6. The number of Topliss-reactive ketones (excluding diaryl/α,β-unsaturated/α-hetero) is 1. The predicted molar refractivity (Wildman–Crippen MR) is 144 cm³/mol. The SMILES string of the molecule is O=C1C[C@@H](c2ccc(F)cc2)Oc2cc(OCCCCN3CCC(c4noc5cc(F)ccc45)CC3)cc(O)c21. The van der Waals surface area contributed by atoms with Gasteiger partial charge in [0.25, 0.3) is 0 Å². The zero-order chi connectivity index (χ0) is 27.6. The first-order valence-electron chi connectivity index (χ1n) is 13.7. The zero-order valence-electron chi connectivity index (χ0n) is 21.9. The summed E-state index contributed by atoms with van der Waals surface area (Å²) in [5.74, 6) is -0.0610. The van der Waals surface area contributed by atoms with Crippen molar-refractivity contribution < 1.29 is 32.7 Å². The summed E-state index contributed by atoms with van der Waals surface area (Å²) in [6.07, 6.45) is 3.25. The first kappa shape index (κ1) is 26.3. The second-order valence-electron chi connectivity index (χ2n) is 10.5. The third-order valence-corrected chi connectivity index (χ3v) is 7.79. The Hall–Kier alpha value is -3.98. The summed E-state index contributed by atoms with van der Waals surface area (Å²) < 4.78 is 44.0. The number of rotatable bonds is 8. The third-order valence-electron chi connectivity index (χ3n) is 7.79. The molecule has 1 atom stereocenters. The second kappa shape index (κ2) is 11.3. The van der Waals surface area contributed by atoms with E-state index in [0.717, 1.165) is 56.4 Å². The van der Waals surface area contributed by atoms with Crippen LogP contribution in [-0.4, -0.2) is 47.2 Å². The summed E-state index contributed by atoms with van der Waals surface area (Å²) in [6, 6.07) is 13.5. The Morgan fingerprint density at radius 2 is 1.77 bits per heavy atom. The van der Waals surface area contributed by atoms with Crippen LogP contribution in [0.1, 0.15) is 65.7 Å². The topological polar surface area (TPSA) is 85.0 Å². The van der Waals surface area contributed by atoms with Crippen LogP contribution in [-0.2, 0) is 0 Å². The lowest BCUT2D eigenvalue weighted by Crippen LogP contribution is -2.34. The number of phenolic OH excluding ortho intramolecular Hbond substituents is 1. The first-order valence-corrected chi connectivity index (χ1v) is 13.7. The van der Waals surface area contributed by atoms with Crippen molar-refractivity contribution in [3.63, 3.8) is 0 Å². The van der Waals surface area contributed by atoms with E-state index < -0.39 is 6.10 Å². The summed E-state index contributed by atoms with van der Waals surface area (Å²) in [6.45, 7) is 3.33. The molecule has 0 radical (unpaired) electrons. The fourth-order valence-corrected chi connectivity index (χ4v) is 5.64. The first-order chi connectivity index (χ1) is 19.4. The monoisotopic (exact) mass is 548 g/mol. The Labute approximate surface area is 230 Å². The minimum absolute atomic E-state index is 0.0683. The number of hydrogen-bond acceptors (Lipinski definition) is 7. The number of carbonyl (C=O) groups is 1. The molecule has 6 rings (SSSR count). The molecule has 0 saturated carbocycles. The number of aromatic nitrogens is 1. The zero-order valence-corrected chi connectivity index (χ0v) is 21.9. The number of halogens is 2. The van der Waals surface area contributed by atoms with Crippen LogP contribution < -0.4 is 9.47 Å². The lowest BCUT2D eigenvalue weighted by molar-refractivity contribution is 0.0844. The number of piperidine rings is 1. The smallest absolute Gasteiger partial charge is 0.174 e. The van der Waals surface area contributed by atoms with Crippen LogP contribution in [0.2, 0.25) is 0 Å². The largest absolute Gasteiger partial charge is 0.507 e. The van der Waals surface area contributed by atoms with Crippen molar-refractivity contribution >= 4 is 16.8 Å². The van der Waals surface area contributed by atoms with Gasteiger partial charge in [0.15, 0.2) is 11.4 Å². The second-order valence-corrected chi connectivity index (χ2v) is 10.5. The maximum Gasteiger partial charge on any atom is 0.174 e. The summed E-state index contributed by atoms with van der Waals surface area (Å²) in [4.78, 5) is 15.1. The highest BCUT2D eigenvalue weighted by Gasteiger charge is 2.31. The number of likely N-dealkylation sites (tertiary alicyclic amines) is 1. The minimum atomic E-state index is -0.551. The van der Waals surface area contributed by atoms with Crippen LogP contribution in [0.4, 0.5) is 8.78 Å². The van der Waals surface area contributed by atoms with Crippen molar-refractivity contribution in [1.82, 2.24) is 10.1 Å². The maximum absolute atomic E-state index is 13.4. The maximum atomic E-state index is 13.4. The molecule has 2 aliphatic rings. The van der Waals surface area contributed by atoms with Gasteiger partial charge >= 0.3 is 0 Å². The van der Waals surface area contributed by atoms with Crippen LogP contribution in [0.5, 0.6) is 17.2 Å². The van der Waals surface area contributed by atoms with Crippen molar-refractivity contribution in [2.24, 2.45) is 0 Å². The van der Waals surface area contributed by atoms with Crippen molar-refractivity contribution in [3.8, 4) is 17.2 Å². The Morgan fingerprint density at radius 3 is 2.58 bits per heavy atom. The number of phenols is 1. The van der Waals surface area contributed by atoms with Crippen LogP contribution >= 0.6 is 0 Å². The van der Waals surface area contributed by atoms with Gasteiger partial charge in [-0.2, -0.15) is 0 Å². The number of aromatic hydroxyl groups is 1. The third kappa shape index (κ3) is 5.51. The summed E-state index contributed by atoms with van der Waals surface area (Å²) in [7, 11) is 0. The molecule has 1 N–H and O–H groups in total. The van der Waals surface area contributed by atoms with Gasteiger partial charge in [-0.25, -0.2) is 8.78 Å². The molecule has 3 heterocycles. The fraction of sp³-hybridized carbons (Fsp3) is 0.355. The van der Waals surface area contributed by atoms with Crippen molar-refractivity contribution in [2.75, 3.05) is 26.2 Å². The van der Waals surface area contributed by atoms with Gasteiger partial charge in [0.05, 0.1) is 18.7 Å². The van der Waals surface area contributed by atoms with Crippen LogP contribution in [0.25, 0.3) is 11.0 Å². The van der Waals surface area contributed by atoms with Gasteiger partial charge in [-0.15, -0.1) is 0 Å². The van der Waals surface area contributed by atoms with E-state index in [9.17, 15) is 18.7 Å². The predicted octanol–water partition coefficient (Wildman–Crippen LogP) is 6.56. The van der Waals surface area contributed by atoms with Crippen molar-refractivity contribution in [1.29, 1.82) is 0 Å². The quantitative estimate of drug-likeness (QED) is 0.250. The van der Waals surface area contributed by atoms with E-state index in [2.05, 4.69) is 10.1 Å². The molecule has 208 valence electrons. The van der Waals surface area contributed by atoms with Gasteiger partial charge in [-0.3, -0.25) is 4.79 Å². The molecule has 1 saturated heterocycles. The van der Waals surface area contributed by atoms with Gasteiger partial charge in [0.1, 0.15) is 40.6 Å². The lowest BCUT2D eigenvalue weighted by Gasteiger charge is -2.31. The number of hydrogen-bond donors (Lipinski definition) is 1. The molecule has 0 aliphatic carbocycles. The number of ketones is 1. The van der Waals surface area contributed by atoms with E-state index >= 15 is 0 Å². The highest BCUT2D eigenvalue weighted by atomic mass is 19.1. The normalized spacial score (nSPS) is 18.1. The number of carbonyl (C=O) groups excluding carboxylic acids is 1. The number of benzene rings is 3.